The summed E-state index contributed by atoms with van der Waals surface area (Å²) in [5.74, 6) is -4.50. The Balaban J connectivity index is 1.93. The summed E-state index contributed by atoms with van der Waals surface area (Å²) < 4.78 is 42.0. The van der Waals surface area contributed by atoms with E-state index in [2.05, 4.69) is 37.9 Å². The molecule has 1 saturated heterocycles. The quantitative estimate of drug-likeness (QED) is 0.440. The first kappa shape index (κ1) is 27.4. The number of piperidine rings is 1. The van der Waals surface area contributed by atoms with Gasteiger partial charge in [0.1, 0.15) is 17.1 Å². The van der Waals surface area contributed by atoms with Crippen molar-refractivity contribution in [3.05, 3.63) is 62.8 Å². The third kappa shape index (κ3) is 5.04. The Morgan fingerprint density at radius 3 is 2.28 bits per heavy atom. The van der Waals surface area contributed by atoms with E-state index in [0.29, 0.717) is 36.3 Å². The molecule has 1 amide bonds. The minimum Gasteiger partial charge on any atom is -0.503 e. The third-order valence-electron chi connectivity index (χ3n) is 7.90. The van der Waals surface area contributed by atoms with Crippen LogP contribution < -0.4 is 10.7 Å². The number of aromatic hydroxyl groups is 1. The molecule has 1 aromatic carbocycles. The fourth-order valence-electron chi connectivity index (χ4n) is 5.39. The van der Waals surface area contributed by atoms with Gasteiger partial charge >= 0.3 is 0 Å². The number of hydrogen-bond donors (Lipinski definition) is 2. The van der Waals surface area contributed by atoms with Crippen molar-refractivity contribution in [1.82, 2.24) is 14.8 Å². The SMILES string of the molecule is CCC1[C@@H](C)C(C)C(C)C(Cn2cc(C(=O)NCc3cc(F)c(F)cc3F)c(=O)c(O)c2C=O)N1C. The molecule has 3 rings (SSSR count). The molecule has 0 saturated carbocycles. The average Bonchev–Trinajstić information content (AvgIpc) is 2.84. The molecule has 2 heterocycles. The molecule has 1 aromatic heterocycles. The summed E-state index contributed by atoms with van der Waals surface area (Å²) in [7, 11) is 2.00. The number of amides is 1. The van der Waals surface area contributed by atoms with Gasteiger partial charge in [-0.05, 0) is 37.3 Å². The number of hydrogen-bond acceptors (Lipinski definition) is 5. The van der Waals surface area contributed by atoms with Crippen molar-refractivity contribution in [2.75, 3.05) is 7.05 Å². The molecule has 0 aliphatic carbocycles. The van der Waals surface area contributed by atoms with Crippen molar-refractivity contribution in [2.45, 2.75) is 59.3 Å². The minimum absolute atomic E-state index is 0.0473. The summed E-state index contributed by atoms with van der Waals surface area (Å²) in [5.41, 5.74) is -2.08. The highest BCUT2D eigenvalue weighted by Crippen LogP contribution is 2.38. The first-order valence-electron chi connectivity index (χ1n) is 12.0. The predicted octanol–water partition coefficient (Wildman–Crippen LogP) is 3.71. The fourth-order valence-corrected chi connectivity index (χ4v) is 5.39. The van der Waals surface area contributed by atoms with E-state index in [-0.39, 0.29) is 29.8 Å². The zero-order valence-corrected chi connectivity index (χ0v) is 21.0. The van der Waals surface area contributed by atoms with Crippen molar-refractivity contribution >= 4 is 12.2 Å². The highest BCUT2D eigenvalue weighted by Gasteiger charge is 2.41. The van der Waals surface area contributed by atoms with Crippen LogP contribution in [-0.2, 0) is 13.1 Å². The highest BCUT2D eigenvalue weighted by atomic mass is 19.2. The van der Waals surface area contributed by atoms with Crippen molar-refractivity contribution in [3.8, 4) is 5.75 Å². The number of rotatable bonds is 7. The maximum atomic E-state index is 13.9. The maximum absolute atomic E-state index is 13.9. The van der Waals surface area contributed by atoms with Crippen LogP contribution >= 0.6 is 0 Å². The van der Waals surface area contributed by atoms with Crippen LogP contribution in [0.1, 0.15) is 60.5 Å². The van der Waals surface area contributed by atoms with Crippen LogP contribution in [0.4, 0.5) is 13.2 Å². The fraction of sp³-hybridized carbons (Fsp3) is 0.500. The van der Waals surface area contributed by atoms with E-state index in [9.17, 15) is 32.7 Å². The van der Waals surface area contributed by atoms with Crippen LogP contribution in [0.25, 0.3) is 0 Å². The Hall–Kier alpha value is -3.14. The molecule has 0 spiro atoms. The van der Waals surface area contributed by atoms with E-state index in [1.165, 1.54) is 10.8 Å². The summed E-state index contributed by atoms with van der Waals surface area (Å²) in [5, 5.41) is 12.7. The van der Waals surface area contributed by atoms with Crippen molar-refractivity contribution < 1.29 is 27.9 Å². The molecule has 5 atom stereocenters. The van der Waals surface area contributed by atoms with Crippen LogP contribution in [0, 0.1) is 35.2 Å². The molecule has 4 unspecified atom stereocenters. The Kier molecular flexibility index (Phi) is 8.28. The van der Waals surface area contributed by atoms with E-state index in [1.54, 1.807) is 0 Å². The monoisotopic (exact) mass is 507 g/mol. The number of aldehydes is 1. The van der Waals surface area contributed by atoms with Crippen molar-refractivity contribution in [1.29, 1.82) is 0 Å². The number of likely N-dealkylation sites (tertiary alicyclic amines) is 1. The van der Waals surface area contributed by atoms with Crippen LogP contribution in [-0.4, -0.2) is 45.9 Å². The van der Waals surface area contributed by atoms with Gasteiger partial charge in [0.25, 0.3) is 5.91 Å². The molecule has 1 fully saturated rings. The van der Waals surface area contributed by atoms with Crippen LogP contribution in [0.2, 0.25) is 0 Å². The molecule has 0 radical (unpaired) electrons. The summed E-state index contributed by atoms with van der Waals surface area (Å²) in [4.78, 5) is 39.5. The molecular formula is C26H32F3N3O4. The second-order valence-electron chi connectivity index (χ2n) is 9.70. The zero-order valence-electron chi connectivity index (χ0n) is 21.0. The van der Waals surface area contributed by atoms with Gasteiger partial charge in [0, 0.05) is 43.0 Å². The van der Waals surface area contributed by atoms with E-state index in [0.717, 1.165) is 6.42 Å². The molecule has 2 aromatic rings. The third-order valence-corrected chi connectivity index (χ3v) is 7.90. The van der Waals surface area contributed by atoms with Crippen LogP contribution in [0.5, 0.6) is 5.75 Å². The normalized spacial score (nSPS) is 24.5. The Morgan fingerprint density at radius 2 is 1.67 bits per heavy atom. The van der Waals surface area contributed by atoms with Gasteiger partial charge < -0.3 is 15.0 Å². The lowest BCUT2D eigenvalue weighted by Crippen LogP contribution is -2.56. The summed E-state index contributed by atoms with van der Waals surface area (Å²) in [6, 6.07) is 1.22. The molecule has 7 nitrogen and oxygen atoms in total. The molecule has 196 valence electrons. The van der Waals surface area contributed by atoms with Gasteiger partial charge in [0.2, 0.25) is 5.43 Å². The van der Waals surface area contributed by atoms with Gasteiger partial charge in [-0.1, -0.05) is 27.7 Å². The number of carbonyl (C=O) groups excluding carboxylic acids is 2. The van der Waals surface area contributed by atoms with Gasteiger partial charge in [-0.15, -0.1) is 0 Å². The number of likely N-dealkylation sites (N-methyl/N-ethyl adjacent to an activating group) is 1. The molecule has 10 heteroatoms. The lowest BCUT2D eigenvalue weighted by Gasteiger charge is -2.50. The van der Waals surface area contributed by atoms with Gasteiger partial charge in [-0.2, -0.15) is 0 Å². The summed E-state index contributed by atoms with van der Waals surface area (Å²) >= 11 is 0. The van der Waals surface area contributed by atoms with Gasteiger partial charge in [-0.25, -0.2) is 13.2 Å². The molecule has 1 aliphatic rings. The van der Waals surface area contributed by atoms with Crippen molar-refractivity contribution in [3.63, 3.8) is 0 Å². The number of halogens is 3. The first-order valence-corrected chi connectivity index (χ1v) is 12.0. The summed E-state index contributed by atoms with van der Waals surface area (Å²) in [6.07, 6.45) is 2.49. The number of nitrogens with one attached hydrogen (secondary N) is 1. The Bertz CT molecular complexity index is 1220. The number of aromatic nitrogens is 1. The van der Waals surface area contributed by atoms with E-state index in [1.807, 2.05) is 7.05 Å². The lowest BCUT2D eigenvalue weighted by atomic mass is 9.71. The second kappa shape index (κ2) is 10.9. The Labute approximate surface area is 207 Å². The number of carbonyl (C=O) groups is 2. The minimum atomic E-state index is -1.37. The maximum Gasteiger partial charge on any atom is 0.257 e. The smallest absolute Gasteiger partial charge is 0.257 e. The standard InChI is InChI=1S/C26H32F3N3O4/c1-6-21-14(3)13(2)15(4)22(31(21)5)11-32-10-17(24(34)25(35)23(32)12-33)26(36)30-9-16-7-19(28)20(29)8-18(16)27/h7-8,10,12-15,21-22,35H,6,9,11H2,1-5H3,(H,30,36)/t13?,14-,15?,21?,22?/m0/s1. The number of nitrogens with zero attached hydrogens (tertiary/aromatic N) is 2. The van der Waals surface area contributed by atoms with E-state index in [4.69, 9.17) is 0 Å². The second-order valence-corrected chi connectivity index (χ2v) is 9.70. The molecule has 0 bridgehead atoms. The zero-order chi connectivity index (χ0) is 26.9. The lowest BCUT2D eigenvalue weighted by molar-refractivity contribution is -0.0182. The topological polar surface area (TPSA) is 91.6 Å². The highest BCUT2D eigenvalue weighted by molar-refractivity contribution is 5.95. The van der Waals surface area contributed by atoms with Gasteiger partial charge in [-0.3, -0.25) is 19.3 Å². The van der Waals surface area contributed by atoms with Gasteiger partial charge in [0.05, 0.1) is 0 Å². The predicted molar refractivity (Wildman–Crippen MR) is 128 cm³/mol. The molecule has 1 aliphatic heterocycles. The van der Waals surface area contributed by atoms with Crippen molar-refractivity contribution in [2.24, 2.45) is 17.8 Å². The van der Waals surface area contributed by atoms with Crippen LogP contribution in [0.15, 0.2) is 23.1 Å². The molecular weight excluding hydrogens is 475 g/mol. The Morgan fingerprint density at radius 1 is 1.06 bits per heavy atom. The number of benzene rings is 1. The number of pyridine rings is 1. The van der Waals surface area contributed by atoms with E-state index < -0.39 is 46.6 Å². The first-order chi connectivity index (χ1) is 16.9. The van der Waals surface area contributed by atoms with Crippen LogP contribution in [0.3, 0.4) is 0 Å². The molecule has 36 heavy (non-hydrogen) atoms. The van der Waals surface area contributed by atoms with Gasteiger partial charge in [0.15, 0.2) is 23.7 Å². The average molecular weight is 508 g/mol. The summed E-state index contributed by atoms with van der Waals surface area (Å²) in [6.45, 7) is 8.33. The molecule has 2 N–H and O–H groups in total. The van der Waals surface area contributed by atoms with E-state index >= 15 is 0 Å². The largest absolute Gasteiger partial charge is 0.503 e.